The highest BCUT2D eigenvalue weighted by Gasteiger charge is 2.49. The number of amides is 3. The summed E-state index contributed by atoms with van der Waals surface area (Å²) in [6.07, 6.45) is 0.326. The molecule has 11 heteroatoms. The van der Waals surface area contributed by atoms with Crippen LogP contribution in [0.5, 0.6) is 0 Å². The highest BCUT2D eigenvalue weighted by Crippen LogP contribution is 2.33. The average Bonchev–Trinajstić information content (AvgIpc) is 3.60. The highest BCUT2D eigenvalue weighted by atomic mass is 32.1. The number of nitrogens with zero attached hydrogens (tertiary/aromatic N) is 2. The number of anilines is 1. The van der Waals surface area contributed by atoms with Gasteiger partial charge in [0.1, 0.15) is 18.4 Å². The number of amidine groups is 1. The first kappa shape index (κ1) is 29.2. The fourth-order valence-electron chi connectivity index (χ4n) is 5.43. The molecule has 9 nitrogen and oxygen atoms in total. The van der Waals surface area contributed by atoms with Gasteiger partial charge >= 0.3 is 0 Å². The number of benzene rings is 3. The van der Waals surface area contributed by atoms with E-state index in [1.165, 1.54) is 28.2 Å². The van der Waals surface area contributed by atoms with Crippen LogP contribution in [0.3, 0.4) is 0 Å². The number of nitrogens with two attached hydrogens (primary N) is 1. The number of ether oxygens (including phenoxy) is 1. The summed E-state index contributed by atoms with van der Waals surface area (Å²) >= 11 is 1.34. The second kappa shape index (κ2) is 11.9. The van der Waals surface area contributed by atoms with Gasteiger partial charge in [-0.05, 0) is 58.8 Å². The van der Waals surface area contributed by atoms with Crippen molar-refractivity contribution in [3.8, 4) is 0 Å². The molecule has 3 atom stereocenters. The number of methoxy groups -OCH3 is 1. The predicted molar refractivity (Wildman–Crippen MR) is 163 cm³/mol. The molecule has 1 aromatic heterocycles. The summed E-state index contributed by atoms with van der Waals surface area (Å²) in [7, 11) is 1.36. The number of carbonyl (C=O) groups is 3. The zero-order valence-corrected chi connectivity index (χ0v) is 24.1. The highest BCUT2D eigenvalue weighted by molar-refractivity contribution is 7.10. The Morgan fingerprint density at radius 2 is 1.88 bits per heavy atom. The molecule has 0 radical (unpaired) electrons. The molecule has 1 aliphatic rings. The zero-order chi connectivity index (χ0) is 30.0. The molecule has 1 aliphatic heterocycles. The summed E-state index contributed by atoms with van der Waals surface area (Å²) in [6.45, 7) is 0.788. The largest absolute Gasteiger partial charge is 0.384 e. The van der Waals surface area contributed by atoms with Gasteiger partial charge in [-0.1, -0.05) is 30.3 Å². The first-order valence-corrected chi connectivity index (χ1v) is 14.3. The van der Waals surface area contributed by atoms with Crippen LogP contribution in [0, 0.1) is 5.41 Å². The van der Waals surface area contributed by atoms with E-state index in [2.05, 4.69) is 11.4 Å². The lowest BCUT2D eigenvalue weighted by Gasteiger charge is -2.27. The predicted octanol–water partition coefficient (Wildman–Crippen LogP) is 4.13. The number of carbonyl (C=O) groups excluding carboxylic acids is 3. The molecular formula is C31H32FN5O4S. The van der Waals surface area contributed by atoms with Crippen molar-refractivity contribution in [3.63, 3.8) is 0 Å². The number of halogens is 1. The molecule has 4 N–H and O–H groups in total. The molecule has 218 valence electrons. The van der Waals surface area contributed by atoms with Crippen molar-refractivity contribution in [3.05, 3.63) is 76.5 Å². The van der Waals surface area contributed by atoms with E-state index < -0.39 is 29.6 Å². The van der Waals surface area contributed by atoms with E-state index in [-0.39, 0.29) is 32.0 Å². The lowest BCUT2D eigenvalue weighted by molar-refractivity contribution is -0.138. The second-order valence-corrected chi connectivity index (χ2v) is 11.6. The number of hydrogen-bond donors (Lipinski definition) is 3. The maximum absolute atomic E-state index is 15.7. The summed E-state index contributed by atoms with van der Waals surface area (Å²) in [6, 6.07) is 17.7. The topological polar surface area (TPSA) is 129 Å². The van der Waals surface area contributed by atoms with Gasteiger partial charge < -0.3 is 25.6 Å². The van der Waals surface area contributed by atoms with Gasteiger partial charge in [-0.3, -0.25) is 19.8 Å². The molecule has 2 heterocycles. The lowest BCUT2D eigenvalue weighted by Crippen LogP contribution is -2.49. The van der Waals surface area contributed by atoms with Crippen molar-refractivity contribution in [1.82, 2.24) is 10.2 Å². The van der Waals surface area contributed by atoms with E-state index in [1.54, 1.807) is 24.4 Å². The Bertz CT molecular complexity index is 1680. The number of rotatable bonds is 10. The number of hydrogen-bond acceptors (Lipinski definition) is 6. The molecule has 1 fully saturated rings. The summed E-state index contributed by atoms with van der Waals surface area (Å²) in [4.78, 5) is 42.4. The Labute approximate surface area is 246 Å². The van der Waals surface area contributed by atoms with Gasteiger partial charge in [0.15, 0.2) is 5.67 Å². The molecule has 3 aromatic carbocycles. The van der Waals surface area contributed by atoms with Crippen molar-refractivity contribution in [1.29, 1.82) is 5.41 Å². The molecule has 42 heavy (non-hydrogen) atoms. The number of thiophene rings is 1. The normalized spacial score (nSPS) is 19.1. The van der Waals surface area contributed by atoms with Crippen LogP contribution in [0.1, 0.15) is 29.8 Å². The summed E-state index contributed by atoms with van der Waals surface area (Å²) in [5.41, 5.74) is 4.70. The third-order valence-corrected chi connectivity index (χ3v) is 8.70. The third kappa shape index (κ3) is 5.97. The lowest BCUT2D eigenvalue weighted by atomic mass is 10.0. The minimum atomic E-state index is -1.92. The van der Waals surface area contributed by atoms with Gasteiger partial charge in [0.05, 0.1) is 19.2 Å². The quantitative estimate of drug-likeness (QED) is 0.111. The third-order valence-electron chi connectivity index (χ3n) is 7.58. The molecule has 1 saturated heterocycles. The Kier molecular flexibility index (Phi) is 8.24. The van der Waals surface area contributed by atoms with Crippen LogP contribution in [0.2, 0.25) is 0 Å². The van der Waals surface area contributed by atoms with Gasteiger partial charge in [-0.2, -0.15) is 0 Å². The maximum atomic E-state index is 15.7. The van der Waals surface area contributed by atoms with Crippen LogP contribution in [-0.2, 0) is 19.1 Å². The maximum Gasteiger partial charge on any atom is 0.243 e. The van der Waals surface area contributed by atoms with E-state index >= 15 is 4.39 Å². The monoisotopic (exact) mass is 589 g/mol. The molecule has 5 rings (SSSR count). The minimum absolute atomic E-state index is 0.0788. The number of alkyl halides is 1. The van der Waals surface area contributed by atoms with Gasteiger partial charge in [0, 0.05) is 35.0 Å². The summed E-state index contributed by atoms with van der Waals surface area (Å²) < 4.78 is 20.8. The van der Waals surface area contributed by atoms with E-state index in [1.807, 2.05) is 42.5 Å². The van der Waals surface area contributed by atoms with Crippen LogP contribution in [0.25, 0.3) is 21.5 Å². The summed E-state index contributed by atoms with van der Waals surface area (Å²) in [5, 5.41) is 16.2. The van der Waals surface area contributed by atoms with E-state index in [0.29, 0.717) is 17.7 Å². The van der Waals surface area contributed by atoms with Gasteiger partial charge in [-0.25, -0.2) is 4.39 Å². The Morgan fingerprint density at radius 1 is 1.19 bits per heavy atom. The van der Waals surface area contributed by atoms with Crippen molar-refractivity contribution < 1.29 is 23.5 Å². The van der Waals surface area contributed by atoms with Crippen molar-refractivity contribution in [2.24, 2.45) is 5.73 Å². The fourth-order valence-corrected chi connectivity index (χ4v) is 6.35. The molecular weight excluding hydrogens is 557 g/mol. The smallest absolute Gasteiger partial charge is 0.243 e. The van der Waals surface area contributed by atoms with E-state index in [0.717, 1.165) is 26.4 Å². The molecule has 0 spiro atoms. The van der Waals surface area contributed by atoms with E-state index in [9.17, 15) is 14.4 Å². The fraction of sp³-hybridized carbons (Fsp3) is 0.290. The number of likely N-dealkylation sites (tertiary alicyclic amines) is 1. The average molecular weight is 590 g/mol. The molecule has 0 saturated carbocycles. The van der Waals surface area contributed by atoms with Crippen LogP contribution in [0.15, 0.2) is 66.0 Å². The van der Waals surface area contributed by atoms with Crippen LogP contribution < -0.4 is 16.0 Å². The Balaban J connectivity index is 1.35. The molecule has 0 bridgehead atoms. The van der Waals surface area contributed by atoms with E-state index in [4.69, 9.17) is 15.9 Å². The number of nitrogens with one attached hydrogen (secondary N) is 2. The number of nitrogen functional groups attached to an aromatic ring is 1. The second-order valence-electron chi connectivity index (χ2n) is 10.7. The van der Waals surface area contributed by atoms with Crippen molar-refractivity contribution >= 4 is 62.6 Å². The van der Waals surface area contributed by atoms with Crippen molar-refractivity contribution in [2.75, 3.05) is 31.7 Å². The molecule has 0 unspecified atom stereocenters. The zero-order valence-electron chi connectivity index (χ0n) is 23.3. The van der Waals surface area contributed by atoms with Crippen molar-refractivity contribution in [2.45, 2.75) is 31.1 Å². The Hall–Kier alpha value is -4.35. The minimum Gasteiger partial charge on any atom is -0.384 e. The molecule has 3 amide bonds. The van der Waals surface area contributed by atoms with Crippen LogP contribution in [0.4, 0.5) is 10.1 Å². The van der Waals surface area contributed by atoms with Gasteiger partial charge in [-0.15, -0.1) is 11.3 Å². The van der Waals surface area contributed by atoms with Crippen LogP contribution in [-0.4, -0.2) is 67.5 Å². The van der Waals surface area contributed by atoms with Crippen LogP contribution >= 0.6 is 11.3 Å². The first-order valence-electron chi connectivity index (χ1n) is 13.5. The first-order chi connectivity index (χ1) is 20.1. The van der Waals surface area contributed by atoms with Gasteiger partial charge in [0.25, 0.3) is 0 Å². The molecule has 4 aromatic rings. The SMILES string of the molecule is COC[C@@]1(F)C[C@@H](C(=O)N[C@H](C)c2cc(C(=N)N)cs2)N(C(=O)CN(C=O)c2ccc3cc4ccccc4cc3c2)C1. The molecule has 0 aliphatic carbocycles. The van der Waals surface area contributed by atoms with Gasteiger partial charge in [0.2, 0.25) is 18.2 Å². The summed E-state index contributed by atoms with van der Waals surface area (Å²) in [5.74, 6) is -1.15. The number of fused-ring (bicyclic) bond motifs is 2. The Morgan fingerprint density at radius 3 is 2.52 bits per heavy atom. The standard InChI is InChI=1S/C31H32FN5O4S/c1-19(27-12-24(15-42-27)29(33)34)35-30(40)26-13-31(32,17-41-2)16-37(26)28(39)14-36(18-38)25-8-7-22-9-20-5-3-4-6-21(20)10-23(22)11-25/h3-12,15,18-19,26H,13-14,16-17H2,1-2H3,(H3,33,34)(H,35,40)/t19-,26+,31-/m1/s1.